The molecule has 1 aromatic heterocycles. The highest BCUT2D eigenvalue weighted by Crippen LogP contribution is 2.11. The molecule has 0 atom stereocenters. The van der Waals surface area contributed by atoms with Gasteiger partial charge in [-0.2, -0.15) is 5.10 Å². The van der Waals surface area contributed by atoms with E-state index >= 15 is 0 Å². The Morgan fingerprint density at radius 1 is 1.47 bits per heavy atom. The maximum Gasteiger partial charge on any atom is 0.248 e. The zero-order valence-electron chi connectivity index (χ0n) is 10.4. The molecule has 0 spiro atoms. The maximum atomic E-state index is 11.1. The van der Waals surface area contributed by atoms with Crippen LogP contribution < -0.4 is 11.1 Å². The van der Waals surface area contributed by atoms with E-state index in [1.807, 2.05) is 12.3 Å². The molecule has 0 saturated heterocycles. The second-order valence-electron chi connectivity index (χ2n) is 4.13. The Labute approximate surface area is 110 Å². The molecule has 0 aliphatic heterocycles. The number of benzene rings is 1. The SMILES string of the molecule is NC(=O)c1cccc(NCc2cnn(CCO)c2)c1. The molecule has 2 rings (SSSR count). The first kappa shape index (κ1) is 13.1. The van der Waals surface area contributed by atoms with Crippen molar-refractivity contribution in [1.82, 2.24) is 9.78 Å². The van der Waals surface area contributed by atoms with Gasteiger partial charge < -0.3 is 16.2 Å². The fraction of sp³-hybridized carbons (Fsp3) is 0.231. The van der Waals surface area contributed by atoms with Crippen molar-refractivity contribution in [2.45, 2.75) is 13.1 Å². The van der Waals surface area contributed by atoms with Crippen LogP contribution in [0.3, 0.4) is 0 Å². The Bertz CT molecular complexity index is 565. The molecule has 1 aromatic carbocycles. The van der Waals surface area contributed by atoms with Crippen LogP contribution in [0.2, 0.25) is 0 Å². The standard InChI is InChI=1S/C13H16N4O2/c14-13(19)11-2-1-3-12(6-11)15-7-10-8-16-17(9-10)4-5-18/h1-3,6,8-9,15,18H,4-5,7H2,(H2,14,19). The number of nitrogens with two attached hydrogens (primary N) is 1. The number of nitrogens with zero attached hydrogens (tertiary/aromatic N) is 2. The van der Waals surface area contributed by atoms with Gasteiger partial charge in [0.2, 0.25) is 5.91 Å². The number of aliphatic hydroxyl groups excluding tert-OH is 1. The lowest BCUT2D eigenvalue weighted by Gasteiger charge is -2.05. The van der Waals surface area contributed by atoms with Crippen molar-refractivity contribution in [3.63, 3.8) is 0 Å². The van der Waals surface area contributed by atoms with Crippen LogP contribution in [0.4, 0.5) is 5.69 Å². The summed E-state index contributed by atoms with van der Waals surface area (Å²) in [6.45, 7) is 1.14. The second-order valence-corrected chi connectivity index (χ2v) is 4.13. The highest BCUT2D eigenvalue weighted by atomic mass is 16.3. The molecule has 0 unspecified atom stereocenters. The third-order valence-electron chi connectivity index (χ3n) is 2.66. The van der Waals surface area contributed by atoms with Crippen LogP contribution in [0.15, 0.2) is 36.7 Å². The summed E-state index contributed by atoms with van der Waals surface area (Å²) in [7, 11) is 0. The number of carbonyl (C=O) groups excluding carboxylic acids is 1. The summed E-state index contributed by atoms with van der Waals surface area (Å²) in [6, 6.07) is 7.02. The Morgan fingerprint density at radius 3 is 3.05 bits per heavy atom. The van der Waals surface area contributed by atoms with E-state index in [2.05, 4.69) is 10.4 Å². The minimum atomic E-state index is -0.445. The minimum absolute atomic E-state index is 0.0647. The molecule has 0 radical (unpaired) electrons. The number of carbonyl (C=O) groups is 1. The molecule has 4 N–H and O–H groups in total. The molecular weight excluding hydrogens is 244 g/mol. The van der Waals surface area contributed by atoms with Gasteiger partial charge in [0.05, 0.1) is 19.3 Å². The van der Waals surface area contributed by atoms with Crippen molar-refractivity contribution in [2.24, 2.45) is 5.73 Å². The highest BCUT2D eigenvalue weighted by molar-refractivity contribution is 5.93. The lowest BCUT2D eigenvalue weighted by Crippen LogP contribution is -2.11. The number of rotatable bonds is 6. The van der Waals surface area contributed by atoms with Crippen molar-refractivity contribution >= 4 is 11.6 Å². The first-order chi connectivity index (χ1) is 9.19. The molecule has 19 heavy (non-hydrogen) atoms. The normalized spacial score (nSPS) is 10.4. The average Bonchev–Trinajstić information content (AvgIpc) is 2.85. The van der Waals surface area contributed by atoms with Crippen LogP contribution >= 0.6 is 0 Å². The Hall–Kier alpha value is -2.34. The number of hydrogen-bond acceptors (Lipinski definition) is 4. The molecule has 0 saturated carbocycles. The van der Waals surface area contributed by atoms with Crippen LogP contribution in [0.1, 0.15) is 15.9 Å². The number of aromatic nitrogens is 2. The van der Waals surface area contributed by atoms with E-state index in [-0.39, 0.29) is 6.61 Å². The topological polar surface area (TPSA) is 93.2 Å². The van der Waals surface area contributed by atoms with Gasteiger partial charge in [0.1, 0.15) is 0 Å². The molecule has 0 aliphatic rings. The predicted molar refractivity (Wildman–Crippen MR) is 71.6 cm³/mol. The van der Waals surface area contributed by atoms with Gasteiger partial charge in [-0.15, -0.1) is 0 Å². The number of nitrogens with one attached hydrogen (secondary N) is 1. The van der Waals surface area contributed by atoms with E-state index in [0.29, 0.717) is 18.7 Å². The van der Waals surface area contributed by atoms with Crippen molar-refractivity contribution in [1.29, 1.82) is 0 Å². The van der Waals surface area contributed by atoms with Gasteiger partial charge in [0.15, 0.2) is 0 Å². The molecule has 6 nitrogen and oxygen atoms in total. The number of anilines is 1. The van der Waals surface area contributed by atoms with E-state index in [9.17, 15) is 4.79 Å². The molecule has 0 aliphatic carbocycles. The van der Waals surface area contributed by atoms with E-state index in [0.717, 1.165) is 11.3 Å². The molecule has 1 heterocycles. The second kappa shape index (κ2) is 6.01. The number of amides is 1. The fourth-order valence-corrected chi connectivity index (χ4v) is 1.71. The quantitative estimate of drug-likeness (QED) is 0.708. The van der Waals surface area contributed by atoms with Crippen molar-refractivity contribution in [2.75, 3.05) is 11.9 Å². The van der Waals surface area contributed by atoms with Gasteiger partial charge in [0, 0.05) is 29.6 Å². The van der Waals surface area contributed by atoms with Crippen LogP contribution in [0.5, 0.6) is 0 Å². The first-order valence-corrected chi connectivity index (χ1v) is 5.95. The summed E-state index contributed by atoms with van der Waals surface area (Å²) in [5, 5.41) is 16.1. The van der Waals surface area contributed by atoms with Crippen molar-refractivity contribution in [3.05, 3.63) is 47.8 Å². The smallest absolute Gasteiger partial charge is 0.248 e. The zero-order valence-corrected chi connectivity index (χ0v) is 10.4. The number of primary amides is 1. The van der Waals surface area contributed by atoms with Crippen LogP contribution in [-0.2, 0) is 13.1 Å². The predicted octanol–water partition coefficient (Wildman–Crippen LogP) is 0.586. The molecule has 6 heteroatoms. The Balaban J connectivity index is 1.97. The number of hydrogen-bond donors (Lipinski definition) is 3. The van der Waals surface area contributed by atoms with Crippen LogP contribution in [0, 0.1) is 0 Å². The Morgan fingerprint density at radius 2 is 2.32 bits per heavy atom. The number of aliphatic hydroxyl groups is 1. The summed E-state index contributed by atoms with van der Waals surface area (Å²) in [6.07, 6.45) is 3.60. The average molecular weight is 260 g/mol. The van der Waals surface area contributed by atoms with Crippen LogP contribution in [-0.4, -0.2) is 27.4 Å². The van der Waals surface area contributed by atoms with Gasteiger partial charge in [-0.25, -0.2) is 0 Å². The lowest BCUT2D eigenvalue weighted by molar-refractivity contribution is 0.100. The van der Waals surface area contributed by atoms with Gasteiger partial charge in [-0.3, -0.25) is 9.48 Å². The van der Waals surface area contributed by atoms with Gasteiger partial charge in [-0.1, -0.05) is 6.07 Å². The molecule has 0 bridgehead atoms. The van der Waals surface area contributed by atoms with E-state index in [1.54, 1.807) is 29.1 Å². The lowest BCUT2D eigenvalue weighted by atomic mass is 10.2. The van der Waals surface area contributed by atoms with E-state index in [4.69, 9.17) is 10.8 Å². The molecular formula is C13H16N4O2. The van der Waals surface area contributed by atoms with Crippen molar-refractivity contribution in [3.8, 4) is 0 Å². The summed E-state index contributed by atoms with van der Waals surface area (Å²) in [4.78, 5) is 11.1. The molecule has 1 amide bonds. The fourth-order valence-electron chi connectivity index (χ4n) is 1.71. The molecule has 0 fully saturated rings. The van der Waals surface area contributed by atoms with E-state index < -0.39 is 5.91 Å². The van der Waals surface area contributed by atoms with Crippen LogP contribution in [0.25, 0.3) is 0 Å². The van der Waals surface area contributed by atoms with Crippen molar-refractivity contribution < 1.29 is 9.90 Å². The Kier molecular flexibility index (Phi) is 4.15. The summed E-state index contributed by atoms with van der Waals surface area (Å²) in [5.74, 6) is -0.445. The maximum absolute atomic E-state index is 11.1. The van der Waals surface area contributed by atoms with Gasteiger partial charge in [0.25, 0.3) is 0 Å². The molecule has 2 aromatic rings. The third kappa shape index (κ3) is 3.56. The van der Waals surface area contributed by atoms with Gasteiger partial charge in [-0.05, 0) is 18.2 Å². The highest BCUT2D eigenvalue weighted by Gasteiger charge is 2.02. The summed E-state index contributed by atoms with van der Waals surface area (Å²) >= 11 is 0. The third-order valence-corrected chi connectivity index (χ3v) is 2.66. The van der Waals surface area contributed by atoms with Gasteiger partial charge >= 0.3 is 0 Å². The van der Waals surface area contributed by atoms with E-state index in [1.165, 1.54) is 0 Å². The zero-order chi connectivity index (χ0) is 13.7. The largest absolute Gasteiger partial charge is 0.394 e. The monoisotopic (exact) mass is 260 g/mol. The first-order valence-electron chi connectivity index (χ1n) is 5.95. The summed E-state index contributed by atoms with van der Waals surface area (Å²) < 4.78 is 1.68. The molecule has 100 valence electrons. The summed E-state index contributed by atoms with van der Waals surface area (Å²) in [5.41, 5.74) is 7.52. The minimum Gasteiger partial charge on any atom is -0.394 e.